The van der Waals surface area contributed by atoms with Crippen LogP contribution in [-0.2, 0) is 5.41 Å². The Hall–Kier alpha value is 0.390. The van der Waals surface area contributed by atoms with Gasteiger partial charge in [0.15, 0.2) is 3.92 Å². The Morgan fingerprint density at radius 2 is 2.33 bits per heavy atom. The predicted molar refractivity (Wildman–Crippen MR) is 56.9 cm³/mol. The molecule has 1 atom stereocenters. The van der Waals surface area contributed by atoms with Crippen LogP contribution in [0.5, 0.6) is 0 Å². The number of hydrogen-bond donors (Lipinski definition) is 0. The summed E-state index contributed by atoms with van der Waals surface area (Å²) in [6.07, 6.45) is 1.24. The highest BCUT2D eigenvalue weighted by molar-refractivity contribution is 9.11. The first-order chi connectivity index (χ1) is 5.71. The zero-order chi connectivity index (χ0) is 8.60. The second kappa shape index (κ2) is 3.27. The van der Waals surface area contributed by atoms with Crippen LogP contribution in [-0.4, -0.2) is 21.7 Å². The van der Waals surface area contributed by atoms with Gasteiger partial charge in [-0.25, -0.2) is 0 Å². The highest BCUT2D eigenvalue weighted by Crippen LogP contribution is 2.40. The normalized spacial score (nSPS) is 29.5. The SMILES string of the molecule is CC1(c2nnc(Br)s2)CCSC1. The molecule has 1 aromatic heterocycles. The molecule has 2 heterocycles. The third-order valence-corrected chi connectivity index (χ3v) is 5.13. The number of hydrogen-bond acceptors (Lipinski definition) is 4. The zero-order valence-corrected chi connectivity index (χ0v) is 9.93. The lowest BCUT2D eigenvalue weighted by Crippen LogP contribution is -2.20. The van der Waals surface area contributed by atoms with Gasteiger partial charge in [0, 0.05) is 11.2 Å². The van der Waals surface area contributed by atoms with E-state index in [1.165, 1.54) is 22.9 Å². The van der Waals surface area contributed by atoms with Gasteiger partial charge in [-0.15, -0.1) is 10.2 Å². The molecule has 12 heavy (non-hydrogen) atoms. The summed E-state index contributed by atoms with van der Waals surface area (Å²) in [6.45, 7) is 2.28. The standard InChI is InChI=1S/C7H9BrN2S2/c1-7(2-3-11-4-7)5-9-10-6(8)12-5/h2-4H2,1H3. The minimum atomic E-state index is 0.286. The largest absolute Gasteiger partial charge is 0.183 e. The lowest BCUT2D eigenvalue weighted by molar-refractivity contribution is 0.532. The van der Waals surface area contributed by atoms with E-state index in [9.17, 15) is 0 Å². The first-order valence-electron chi connectivity index (χ1n) is 3.78. The maximum absolute atomic E-state index is 4.18. The van der Waals surface area contributed by atoms with E-state index in [4.69, 9.17) is 0 Å². The van der Waals surface area contributed by atoms with Gasteiger partial charge in [0.2, 0.25) is 0 Å². The fourth-order valence-electron chi connectivity index (χ4n) is 1.28. The van der Waals surface area contributed by atoms with E-state index in [0.29, 0.717) is 0 Å². The zero-order valence-electron chi connectivity index (χ0n) is 6.71. The first kappa shape index (κ1) is 8.97. The van der Waals surface area contributed by atoms with Crippen molar-refractivity contribution in [2.45, 2.75) is 18.8 Å². The van der Waals surface area contributed by atoms with Crippen LogP contribution in [0.25, 0.3) is 0 Å². The molecule has 1 unspecified atom stereocenters. The molecule has 5 heteroatoms. The van der Waals surface area contributed by atoms with Gasteiger partial charge in [-0.1, -0.05) is 18.3 Å². The van der Waals surface area contributed by atoms with E-state index in [0.717, 1.165) is 3.92 Å². The molecule has 0 saturated carbocycles. The maximum Gasteiger partial charge on any atom is 0.183 e. The Morgan fingerprint density at radius 1 is 1.50 bits per heavy atom. The Balaban J connectivity index is 2.28. The van der Waals surface area contributed by atoms with E-state index >= 15 is 0 Å². The van der Waals surface area contributed by atoms with E-state index in [1.54, 1.807) is 11.3 Å². The molecule has 0 amide bonds. The van der Waals surface area contributed by atoms with Gasteiger partial charge in [0.05, 0.1) is 0 Å². The summed E-state index contributed by atoms with van der Waals surface area (Å²) in [6, 6.07) is 0. The fraction of sp³-hybridized carbons (Fsp3) is 0.714. The lowest BCUT2D eigenvalue weighted by atomic mass is 9.91. The van der Waals surface area contributed by atoms with Gasteiger partial charge >= 0.3 is 0 Å². The van der Waals surface area contributed by atoms with Crippen LogP contribution in [0.2, 0.25) is 0 Å². The molecule has 0 radical (unpaired) electrons. The summed E-state index contributed by atoms with van der Waals surface area (Å²) in [5.74, 6) is 2.45. The Kier molecular flexibility index (Phi) is 2.44. The monoisotopic (exact) mass is 264 g/mol. The highest BCUT2D eigenvalue weighted by atomic mass is 79.9. The molecule has 1 saturated heterocycles. The van der Waals surface area contributed by atoms with Crippen LogP contribution < -0.4 is 0 Å². The van der Waals surface area contributed by atoms with Crippen molar-refractivity contribution < 1.29 is 0 Å². The second-order valence-corrected chi connectivity index (χ2v) is 6.58. The molecule has 66 valence electrons. The summed E-state index contributed by atoms with van der Waals surface area (Å²) >= 11 is 7.02. The van der Waals surface area contributed by atoms with Crippen LogP contribution in [0.1, 0.15) is 18.4 Å². The predicted octanol–water partition coefficient (Wildman–Crippen LogP) is 2.70. The van der Waals surface area contributed by atoms with E-state index in [-0.39, 0.29) is 5.41 Å². The molecule has 1 fully saturated rings. The number of thioether (sulfide) groups is 1. The van der Waals surface area contributed by atoms with Gasteiger partial charge in [-0.2, -0.15) is 11.8 Å². The lowest BCUT2D eigenvalue weighted by Gasteiger charge is -2.17. The summed E-state index contributed by atoms with van der Waals surface area (Å²) < 4.78 is 0.899. The first-order valence-corrected chi connectivity index (χ1v) is 6.54. The van der Waals surface area contributed by atoms with E-state index < -0.39 is 0 Å². The Morgan fingerprint density at radius 3 is 2.83 bits per heavy atom. The minimum absolute atomic E-state index is 0.286. The van der Waals surface area contributed by atoms with Gasteiger partial charge < -0.3 is 0 Å². The Bertz CT molecular complexity index is 281. The van der Waals surface area contributed by atoms with Crippen LogP contribution in [0.4, 0.5) is 0 Å². The molecule has 2 rings (SSSR count). The molecule has 0 N–H and O–H groups in total. The molecular weight excluding hydrogens is 256 g/mol. The van der Waals surface area contributed by atoms with Crippen molar-refractivity contribution in [2.24, 2.45) is 0 Å². The molecule has 0 bridgehead atoms. The van der Waals surface area contributed by atoms with Gasteiger partial charge in [0.1, 0.15) is 5.01 Å². The van der Waals surface area contributed by atoms with Crippen molar-refractivity contribution in [3.05, 3.63) is 8.92 Å². The number of halogens is 1. The number of aromatic nitrogens is 2. The summed E-state index contributed by atoms with van der Waals surface area (Å²) in [4.78, 5) is 0. The van der Waals surface area contributed by atoms with Crippen molar-refractivity contribution in [2.75, 3.05) is 11.5 Å². The average molecular weight is 265 g/mol. The summed E-state index contributed by atoms with van der Waals surface area (Å²) in [5, 5.41) is 9.34. The second-order valence-electron chi connectivity index (χ2n) is 3.22. The van der Waals surface area contributed by atoms with Gasteiger partial charge in [0.25, 0.3) is 0 Å². The maximum atomic E-state index is 4.18. The highest BCUT2D eigenvalue weighted by Gasteiger charge is 2.34. The van der Waals surface area contributed by atoms with Crippen molar-refractivity contribution in [1.82, 2.24) is 10.2 Å². The van der Waals surface area contributed by atoms with E-state index in [1.807, 2.05) is 11.8 Å². The van der Waals surface area contributed by atoms with Gasteiger partial charge in [-0.05, 0) is 28.1 Å². The topological polar surface area (TPSA) is 25.8 Å². The molecule has 0 aliphatic carbocycles. The fourth-order valence-corrected chi connectivity index (χ4v) is 4.13. The van der Waals surface area contributed by atoms with Crippen molar-refractivity contribution in [3.8, 4) is 0 Å². The molecular formula is C7H9BrN2S2. The molecule has 1 aromatic rings. The molecule has 2 nitrogen and oxygen atoms in total. The van der Waals surface area contributed by atoms with Gasteiger partial charge in [-0.3, -0.25) is 0 Å². The van der Waals surface area contributed by atoms with E-state index in [2.05, 4.69) is 33.1 Å². The molecule has 1 aliphatic heterocycles. The minimum Gasteiger partial charge on any atom is -0.161 e. The summed E-state index contributed by atoms with van der Waals surface area (Å²) in [7, 11) is 0. The molecule has 0 spiro atoms. The summed E-state index contributed by atoms with van der Waals surface area (Å²) in [5.41, 5.74) is 0.286. The van der Waals surface area contributed by atoms with Crippen molar-refractivity contribution >= 4 is 39.0 Å². The van der Waals surface area contributed by atoms with Crippen LogP contribution >= 0.6 is 39.0 Å². The van der Waals surface area contributed by atoms with Crippen LogP contribution in [0, 0.1) is 0 Å². The smallest absolute Gasteiger partial charge is 0.161 e. The molecule has 1 aliphatic rings. The average Bonchev–Trinajstić information content (AvgIpc) is 2.59. The quantitative estimate of drug-likeness (QED) is 0.780. The third-order valence-electron chi connectivity index (χ3n) is 2.14. The number of nitrogens with zero attached hydrogens (tertiary/aromatic N) is 2. The molecule has 0 aromatic carbocycles. The van der Waals surface area contributed by atoms with Crippen molar-refractivity contribution in [1.29, 1.82) is 0 Å². The third kappa shape index (κ3) is 1.54. The van der Waals surface area contributed by atoms with Crippen molar-refractivity contribution in [3.63, 3.8) is 0 Å². The Labute approximate surface area is 88.3 Å². The van der Waals surface area contributed by atoms with Crippen LogP contribution in [0.15, 0.2) is 3.92 Å². The van der Waals surface area contributed by atoms with Crippen LogP contribution in [0.3, 0.4) is 0 Å². The number of rotatable bonds is 1.